The predicted molar refractivity (Wildman–Crippen MR) is 154 cm³/mol. The Morgan fingerprint density at radius 1 is 0.955 bits per heavy atom. The van der Waals surface area contributed by atoms with Gasteiger partial charge in [0.25, 0.3) is 5.91 Å². The molecule has 2 saturated heterocycles. The van der Waals surface area contributed by atoms with Crippen LogP contribution in [-0.2, 0) is 28.4 Å². The van der Waals surface area contributed by atoms with E-state index >= 15 is 0 Å². The second kappa shape index (κ2) is 14.7. The number of rotatable bonds is 5. The number of benzene rings is 2. The van der Waals surface area contributed by atoms with Crippen molar-refractivity contribution >= 4 is 27.8 Å². The monoisotopic (exact) mass is 689 g/mol. The van der Waals surface area contributed by atoms with Crippen LogP contribution in [0.3, 0.4) is 0 Å². The molecular weight excluding hydrogens is 660 g/mol. The molecular formula is C29H30BrF6N5O3. The Bertz CT molecular complexity index is 1390. The molecule has 2 fully saturated rings. The molecule has 8 nitrogen and oxygen atoms in total. The summed E-state index contributed by atoms with van der Waals surface area (Å²) in [6, 6.07) is 8.26. The fourth-order valence-electron chi connectivity index (χ4n) is 4.48. The number of anilines is 1. The number of alkyl halides is 6. The zero-order chi connectivity index (χ0) is 31.9. The first kappa shape index (κ1) is 33.6. The number of halogens is 7. The highest BCUT2D eigenvalue weighted by Crippen LogP contribution is 2.37. The molecule has 1 aromatic heterocycles. The number of aromatic nitrogens is 2. The molecule has 3 aromatic rings. The summed E-state index contributed by atoms with van der Waals surface area (Å²) in [7, 11) is 1.29. The zero-order valence-electron chi connectivity index (χ0n) is 23.6. The van der Waals surface area contributed by atoms with Crippen molar-refractivity contribution in [2.24, 2.45) is 0 Å². The fourth-order valence-corrected chi connectivity index (χ4v) is 4.95. The van der Waals surface area contributed by atoms with Crippen LogP contribution in [0.25, 0.3) is 11.3 Å². The molecule has 2 aliphatic heterocycles. The number of amides is 1. The molecule has 0 atom stereocenters. The third kappa shape index (κ3) is 8.89. The van der Waals surface area contributed by atoms with E-state index in [0.29, 0.717) is 54.4 Å². The van der Waals surface area contributed by atoms with Crippen LogP contribution in [0.5, 0.6) is 0 Å². The van der Waals surface area contributed by atoms with Gasteiger partial charge >= 0.3 is 12.4 Å². The summed E-state index contributed by atoms with van der Waals surface area (Å²) in [6.07, 6.45) is -8.66. The van der Waals surface area contributed by atoms with E-state index in [1.54, 1.807) is 24.3 Å². The van der Waals surface area contributed by atoms with Gasteiger partial charge in [0.05, 0.1) is 48.8 Å². The summed E-state index contributed by atoms with van der Waals surface area (Å²) in [5, 5.41) is 3.16. The second-order valence-corrected chi connectivity index (χ2v) is 10.8. The van der Waals surface area contributed by atoms with Gasteiger partial charge in [-0.25, -0.2) is 9.97 Å². The maximum Gasteiger partial charge on any atom is 0.416 e. The van der Waals surface area contributed by atoms with Crippen molar-refractivity contribution < 1.29 is 40.6 Å². The van der Waals surface area contributed by atoms with Crippen molar-refractivity contribution in [3.8, 4) is 11.3 Å². The summed E-state index contributed by atoms with van der Waals surface area (Å²) in [6.45, 7) is 5.37. The Balaban J connectivity index is 0.000000657. The quantitative estimate of drug-likeness (QED) is 0.347. The summed E-state index contributed by atoms with van der Waals surface area (Å²) in [5.41, 5.74) is -2.34. The van der Waals surface area contributed by atoms with Crippen molar-refractivity contribution in [1.82, 2.24) is 20.2 Å². The summed E-state index contributed by atoms with van der Waals surface area (Å²) < 4.78 is 90.7. The maximum absolute atomic E-state index is 13.5. The number of nitrogens with zero attached hydrogens (tertiary/aromatic N) is 4. The van der Waals surface area contributed by atoms with Gasteiger partial charge in [-0.1, -0.05) is 34.1 Å². The maximum atomic E-state index is 13.5. The minimum atomic E-state index is -4.99. The van der Waals surface area contributed by atoms with Gasteiger partial charge < -0.3 is 24.6 Å². The first-order valence-corrected chi connectivity index (χ1v) is 14.4. The molecule has 2 aliphatic rings. The SMILES string of the molecule is C1COCCN1.CN(Cc1cc(C(F)(F)F)cc(C(F)(F)F)c1)C(=O)c1cnc(N2CCOCC2)nc1-c1ccccc1Br. The van der Waals surface area contributed by atoms with Crippen LogP contribution in [0, 0.1) is 0 Å². The number of hydrogen-bond acceptors (Lipinski definition) is 7. The highest BCUT2D eigenvalue weighted by atomic mass is 79.9. The van der Waals surface area contributed by atoms with Gasteiger partial charge in [-0.15, -0.1) is 0 Å². The number of hydrogen-bond donors (Lipinski definition) is 1. The first-order chi connectivity index (χ1) is 20.8. The predicted octanol–water partition coefficient (Wildman–Crippen LogP) is 5.66. The molecule has 3 heterocycles. The van der Waals surface area contributed by atoms with Gasteiger partial charge in [0.15, 0.2) is 0 Å². The average molecular weight is 690 g/mol. The number of morpholine rings is 2. The number of carbonyl (C=O) groups excluding carboxylic acids is 1. The average Bonchev–Trinajstić information content (AvgIpc) is 3.01. The summed E-state index contributed by atoms with van der Waals surface area (Å²) in [4.78, 5) is 25.3. The smallest absolute Gasteiger partial charge is 0.379 e. The van der Waals surface area contributed by atoms with Gasteiger partial charge in [0.2, 0.25) is 5.95 Å². The molecule has 44 heavy (non-hydrogen) atoms. The summed E-state index contributed by atoms with van der Waals surface area (Å²) >= 11 is 3.45. The normalized spacial score (nSPS) is 15.8. The number of carbonyl (C=O) groups is 1. The van der Waals surface area contributed by atoms with E-state index in [0.717, 1.165) is 31.2 Å². The van der Waals surface area contributed by atoms with E-state index in [4.69, 9.17) is 9.47 Å². The minimum Gasteiger partial charge on any atom is -0.379 e. The third-order valence-corrected chi connectivity index (χ3v) is 7.38. The molecule has 0 saturated carbocycles. The molecule has 238 valence electrons. The lowest BCUT2D eigenvalue weighted by Gasteiger charge is -2.27. The lowest BCUT2D eigenvalue weighted by atomic mass is 10.0. The minimum absolute atomic E-state index is 0.0411. The second-order valence-electron chi connectivity index (χ2n) is 9.95. The Kier molecular flexibility index (Phi) is 11.2. The van der Waals surface area contributed by atoms with Gasteiger partial charge in [-0.2, -0.15) is 26.3 Å². The first-order valence-electron chi connectivity index (χ1n) is 13.6. The van der Waals surface area contributed by atoms with Crippen LogP contribution in [0.4, 0.5) is 32.3 Å². The van der Waals surface area contributed by atoms with Gasteiger partial charge in [-0.05, 0) is 29.8 Å². The van der Waals surface area contributed by atoms with E-state index in [2.05, 4.69) is 31.2 Å². The Hall–Kier alpha value is -3.27. The van der Waals surface area contributed by atoms with Gasteiger partial charge in [0.1, 0.15) is 0 Å². The highest BCUT2D eigenvalue weighted by Gasteiger charge is 2.37. The van der Waals surface area contributed by atoms with Crippen LogP contribution in [0.15, 0.2) is 53.1 Å². The lowest BCUT2D eigenvalue weighted by molar-refractivity contribution is -0.143. The molecule has 5 rings (SSSR count). The molecule has 0 spiro atoms. The largest absolute Gasteiger partial charge is 0.416 e. The molecule has 1 N–H and O–H groups in total. The van der Waals surface area contributed by atoms with Crippen molar-refractivity contribution in [2.75, 3.05) is 64.6 Å². The highest BCUT2D eigenvalue weighted by molar-refractivity contribution is 9.10. The topological polar surface area (TPSA) is 79.8 Å². The lowest BCUT2D eigenvalue weighted by Crippen LogP contribution is -2.37. The van der Waals surface area contributed by atoms with Crippen LogP contribution < -0.4 is 10.2 Å². The molecule has 0 unspecified atom stereocenters. The van der Waals surface area contributed by atoms with E-state index in [1.165, 1.54) is 13.2 Å². The Morgan fingerprint density at radius 3 is 2.07 bits per heavy atom. The molecule has 0 radical (unpaired) electrons. The molecule has 1 amide bonds. The standard InChI is InChI=1S/C25H21BrF6N4O2.C4H9NO/c1-35(14-15-10-16(24(27,28)29)12-17(11-15)25(30,31)32)22(37)19-13-33-23(36-6-8-38-9-7-36)34-21(19)18-4-2-3-5-20(18)26;1-3-6-4-2-5-1/h2-5,10-13H,6-9,14H2,1H3;5H,1-4H2. The Morgan fingerprint density at radius 2 is 1.55 bits per heavy atom. The number of ether oxygens (including phenoxy) is 2. The fraction of sp³-hybridized carbons (Fsp3) is 0.414. The van der Waals surface area contributed by atoms with E-state index in [-0.39, 0.29) is 22.9 Å². The summed E-state index contributed by atoms with van der Waals surface area (Å²) in [5.74, 6) is -0.304. The van der Waals surface area contributed by atoms with Crippen molar-refractivity contribution in [2.45, 2.75) is 18.9 Å². The van der Waals surface area contributed by atoms with Gasteiger partial charge in [0, 0.05) is 56.0 Å². The van der Waals surface area contributed by atoms with E-state index in [1.807, 2.05) is 4.90 Å². The molecule has 15 heteroatoms. The molecule has 0 aliphatic carbocycles. The van der Waals surface area contributed by atoms with Gasteiger partial charge in [-0.3, -0.25) is 4.79 Å². The van der Waals surface area contributed by atoms with Crippen LogP contribution in [0.2, 0.25) is 0 Å². The number of nitrogens with one attached hydrogen (secondary N) is 1. The van der Waals surface area contributed by atoms with Crippen LogP contribution in [0.1, 0.15) is 27.0 Å². The van der Waals surface area contributed by atoms with Crippen molar-refractivity contribution in [1.29, 1.82) is 0 Å². The zero-order valence-corrected chi connectivity index (χ0v) is 25.2. The molecule has 0 bridgehead atoms. The molecule has 2 aromatic carbocycles. The van der Waals surface area contributed by atoms with E-state index in [9.17, 15) is 31.1 Å². The third-order valence-electron chi connectivity index (χ3n) is 6.69. The van der Waals surface area contributed by atoms with Crippen LogP contribution >= 0.6 is 15.9 Å². The van der Waals surface area contributed by atoms with Crippen LogP contribution in [-0.4, -0.2) is 80.4 Å². The van der Waals surface area contributed by atoms with Crippen molar-refractivity contribution in [3.63, 3.8) is 0 Å². The Labute approximate surface area is 258 Å². The van der Waals surface area contributed by atoms with E-state index < -0.39 is 35.9 Å². The van der Waals surface area contributed by atoms with Crippen molar-refractivity contribution in [3.05, 3.63) is 75.4 Å².